The summed E-state index contributed by atoms with van der Waals surface area (Å²) in [6.07, 6.45) is 0.730. The largest absolute Gasteiger partial charge is 0.378 e. The second-order valence-electron chi connectivity index (χ2n) is 5.67. The first kappa shape index (κ1) is 15.0. The van der Waals surface area contributed by atoms with Gasteiger partial charge in [-0.05, 0) is 35.0 Å². The summed E-state index contributed by atoms with van der Waals surface area (Å²) in [5.74, 6) is -0.137. The number of aldehydes is 1. The quantitative estimate of drug-likeness (QED) is 0.541. The normalized spacial score (nSPS) is 10.5. The molecule has 0 heterocycles. The third-order valence-electron chi connectivity index (χ3n) is 3.94. The van der Waals surface area contributed by atoms with Crippen molar-refractivity contribution in [1.29, 1.82) is 0 Å². The zero-order chi connectivity index (χ0) is 16.4. The summed E-state index contributed by atoms with van der Waals surface area (Å²) in [5.41, 5.74) is 2.32. The molecule has 0 bridgehead atoms. The van der Waals surface area contributed by atoms with Crippen LogP contribution in [0.5, 0.6) is 0 Å². The van der Waals surface area contributed by atoms with Gasteiger partial charge in [-0.2, -0.15) is 0 Å². The van der Waals surface area contributed by atoms with Gasteiger partial charge in [0.25, 0.3) is 0 Å². The van der Waals surface area contributed by atoms with Crippen molar-refractivity contribution in [2.45, 2.75) is 0 Å². The molecule has 0 aromatic heterocycles. The average molecular weight is 303 g/mol. The Balaban J connectivity index is 2.10. The van der Waals surface area contributed by atoms with Crippen LogP contribution in [-0.2, 0) is 0 Å². The molecule has 0 saturated heterocycles. The van der Waals surface area contributed by atoms with Crippen molar-refractivity contribution in [3.63, 3.8) is 0 Å². The Hall–Kier alpha value is -2.94. The predicted molar refractivity (Wildman–Crippen MR) is 93.5 cm³/mol. The minimum Gasteiger partial charge on any atom is -0.378 e. The van der Waals surface area contributed by atoms with Crippen LogP contribution in [0.2, 0.25) is 0 Å². The van der Waals surface area contributed by atoms with Gasteiger partial charge >= 0.3 is 0 Å². The van der Waals surface area contributed by atoms with Gasteiger partial charge in [-0.1, -0.05) is 36.4 Å². The monoisotopic (exact) mass is 303 g/mol. The van der Waals surface area contributed by atoms with Gasteiger partial charge in [-0.25, -0.2) is 0 Å². The van der Waals surface area contributed by atoms with Crippen molar-refractivity contribution in [3.05, 3.63) is 77.4 Å². The molecule has 0 N–H and O–H groups in total. The molecule has 0 aliphatic carbocycles. The van der Waals surface area contributed by atoms with Crippen molar-refractivity contribution in [1.82, 2.24) is 0 Å². The lowest BCUT2D eigenvalue weighted by Gasteiger charge is -2.14. The zero-order valence-electron chi connectivity index (χ0n) is 13.1. The van der Waals surface area contributed by atoms with E-state index < -0.39 is 0 Å². The molecule has 3 nitrogen and oxygen atoms in total. The molecule has 3 rings (SSSR count). The number of hydrogen-bond donors (Lipinski definition) is 0. The highest BCUT2D eigenvalue weighted by Crippen LogP contribution is 2.22. The molecule has 0 spiro atoms. The Kier molecular flexibility index (Phi) is 3.94. The highest BCUT2D eigenvalue weighted by atomic mass is 16.1. The first-order chi connectivity index (χ1) is 11.1. The lowest BCUT2D eigenvalue weighted by molar-refractivity contribution is 0.102. The van der Waals surface area contributed by atoms with E-state index in [1.54, 1.807) is 12.1 Å². The van der Waals surface area contributed by atoms with Crippen LogP contribution in [0.4, 0.5) is 5.69 Å². The maximum atomic E-state index is 12.9. The van der Waals surface area contributed by atoms with Crippen molar-refractivity contribution < 1.29 is 9.59 Å². The molecule has 0 aliphatic heterocycles. The molecule has 0 aliphatic rings. The van der Waals surface area contributed by atoms with Gasteiger partial charge < -0.3 is 4.90 Å². The minimum atomic E-state index is -0.137. The lowest BCUT2D eigenvalue weighted by Crippen LogP contribution is -2.12. The fourth-order valence-electron chi connectivity index (χ4n) is 2.61. The Bertz CT molecular complexity index is 897. The van der Waals surface area contributed by atoms with Crippen LogP contribution >= 0.6 is 0 Å². The van der Waals surface area contributed by atoms with E-state index in [1.807, 2.05) is 67.5 Å². The summed E-state index contributed by atoms with van der Waals surface area (Å²) in [5, 5.41) is 2.09. The van der Waals surface area contributed by atoms with Crippen LogP contribution < -0.4 is 4.90 Å². The smallest absolute Gasteiger partial charge is 0.193 e. The molecular weight excluding hydrogens is 286 g/mol. The van der Waals surface area contributed by atoms with E-state index in [1.165, 1.54) is 0 Å². The van der Waals surface area contributed by atoms with Crippen LogP contribution in [0.1, 0.15) is 26.3 Å². The fourth-order valence-corrected chi connectivity index (χ4v) is 2.61. The summed E-state index contributed by atoms with van der Waals surface area (Å²) in [7, 11) is 3.81. The summed E-state index contributed by atoms with van der Waals surface area (Å²) in [4.78, 5) is 26.1. The molecule has 0 fully saturated rings. The second-order valence-corrected chi connectivity index (χ2v) is 5.67. The third-order valence-corrected chi connectivity index (χ3v) is 3.94. The zero-order valence-corrected chi connectivity index (χ0v) is 13.1. The van der Waals surface area contributed by atoms with E-state index >= 15 is 0 Å². The second kappa shape index (κ2) is 6.05. The van der Waals surface area contributed by atoms with Gasteiger partial charge in [0.05, 0.1) is 0 Å². The number of benzene rings is 3. The number of rotatable bonds is 4. The SMILES string of the molecule is CN(C)c1ccc(C=O)c(C(=O)c2ccc3ccccc3c2)c1. The van der Waals surface area contributed by atoms with E-state index in [0.29, 0.717) is 16.7 Å². The average Bonchev–Trinajstić information content (AvgIpc) is 2.60. The highest BCUT2D eigenvalue weighted by Gasteiger charge is 2.15. The first-order valence-corrected chi connectivity index (χ1v) is 7.40. The number of ketones is 1. The Labute approximate surface area is 135 Å². The lowest BCUT2D eigenvalue weighted by atomic mass is 9.96. The van der Waals surface area contributed by atoms with Crippen LogP contribution in [0, 0.1) is 0 Å². The van der Waals surface area contributed by atoms with E-state index in [0.717, 1.165) is 22.7 Å². The van der Waals surface area contributed by atoms with E-state index in [9.17, 15) is 9.59 Å². The van der Waals surface area contributed by atoms with Crippen molar-refractivity contribution in [3.8, 4) is 0 Å². The van der Waals surface area contributed by atoms with Gasteiger partial charge in [-0.15, -0.1) is 0 Å². The molecule has 114 valence electrons. The molecule has 0 radical (unpaired) electrons. The number of hydrogen-bond acceptors (Lipinski definition) is 3. The molecule has 3 aromatic carbocycles. The summed E-state index contributed by atoms with van der Waals surface area (Å²) in [6, 6.07) is 18.8. The van der Waals surface area contributed by atoms with Gasteiger partial charge in [0, 0.05) is 36.5 Å². The fraction of sp³-hybridized carbons (Fsp3) is 0.100. The van der Waals surface area contributed by atoms with E-state index in [-0.39, 0.29) is 5.78 Å². The van der Waals surface area contributed by atoms with Crippen LogP contribution in [0.3, 0.4) is 0 Å². The van der Waals surface area contributed by atoms with Gasteiger partial charge in [0.2, 0.25) is 0 Å². The Morgan fingerprint density at radius 1 is 0.913 bits per heavy atom. The number of nitrogens with zero attached hydrogens (tertiary/aromatic N) is 1. The molecule has 0 atom stereocenters. The van der Waals surface area contributed by atoms with Crippen LogP contribution in [-0.4, -0.2) is 26.2 Å². The van der Waals surface area contributed by atoms with Crippen LogP contribution in [0.15, 0.2) is 60.7 Å². The molecule has 3 heteroatoms. The Morgan fingerprint density at radius 2 is 1.65 bits per heavy atom. The van der Waals surface area contributed by atoms with Crippen LogP contribution in [0.25, 0.3) is 10.8 Å². The summed E-state index contributed by atoms with van der Waals surface area (Å²) >= 11 is 0. The molecular formula is C20H17NO2. The Morgan fingerprint density at radius 3 is 2.35 bits per heavy atom. The van der Waals surface area contributed by atoms with Gasteiger partial charge in [0.1, 0.15) is 0 Å². The van der Waals surface area contributed by atoms with E-state index in [2.05, 4.69) is 0 Å². The van der Waals surface area contributed by atoms with Gasteiger partial charge in [-0.3, -0.25) is 9.59 Å². The van der Waals surface area contributed by atoms with E-state index in [4.69, 9.17) is 0 Å². The standard InChI is InChI=1S/C20H17NO2/c1-21(2)18-10-9-17(13-22)19(12-18)20(23)16-8-7-14-5-3-4-6-15(14)11-16/h3-13H,1-2H3. The number of carbonyl (C=O) groups excluding carboxylic acids is 2. The molecule has 23 heavy (non-hydrogen) atoms. The van der Waals surface area contributed by atoms with Crippen molar-refractivity contribution in [2.75, 3.05) is 19.0 Å². The maximum absolute atomic E-state index is 12.9. The van der Waals surface area contributed by atoms with Gasteiger partial charge in [0.15, 0.2) is 12.1 Å². The number of anilines is 1. The van der Waals surface area contributed by atoms with Crippen molar-refractivity contribution in [2.24, 2.45) is 0 Å². The predicted octanol–water partition coefficient (Wildman–Crippen LogP) is 3.95. The number of fused-ring (bicyclic) bond motifs is 1. The first-order valence-electron chi connectivity index (χ1n) is 7.40. The summed E-state index contributed by atoms with van der Waals surface area (Å²) < 4.78 is 0. The van der Waals surface area contributed by atoms with Crippen molar-refractivity contribution >= 4 is 28.5 Å². The molecule has 0 saturated carbocycles. The minimum absolute atomic E-state index is 0.137. The topological polar surface area (TPSA) is 37.4 Å². The number of carbonyl (C=O) groups is 2. The maximum Gasteiger partial charge on any atom is 0.193 e. The highest BCUT2D eigenvalue weighted by molar-refractivity contribution is 6.14. The molecule has 0 unspecified atom stereocenters. The third kappa shape index (κ3) is 2.86. The molecule has 3 aromatic rings. The summed E-state index contributed by atoms with van der Waals surface area (Å²) in [6.45, 7) is 0. The molecule has 0 amide bonds.